The topological polar surface area (TPSA) is 52.3 Å². The fraction of sp³-hybridized carbons (Fsp3) is 0.200. The molecule has 2 N–H and O–H groups in total. The molecule has 0 heterocycles. The molecule has 3 nitrogen and oxygen atoms in total. The van der Waals surface area contributed by atoms with Crippen LogP contribution in [0.15, 0.2) is 24.3 Å². The summed E-state index contributed by atoms with van der Waals surface area (Å²) in [6.07, 6.45) is 0.500. The molecule has 0 amide bonds. The Bertz CT molecular complexity index is 363. The molecule has 1 rings (SSSR count). The number of thiocarbonyl (C=S) groups is 1. The lowest BCUT2D eigenvalue weighted by Crippen LogP contribution is -2.11. The van der Waals surface area contributed by atoms with Gasteiger partial charge in [-0.25, -0.2) is 4.79 Å². The molecule has 0 aliphatic rings. The predicted octanol–water partition coefficient (Wildman–Crippen LogP) is 1.30. The van der Waals surface area contributed by atoms with Crippen LogP contribution in [0, 0.1) is 0 Å². The van der Waals surface area contributed by atoms with Gasteiger partial charge in [-0.2, -0.15) is 0 Å². The van der Waals surface area contributed by atoms with Crippen LogP contribution < -0.4 is 5.73 Å². The second-order valence-corrected chi connectivity index (χ2v) is 3.36. The Morgan fingerprint density at radius 3 is 2.86 bits per heavy atom. The molecular formula is C10H11NO2S. The normalized spacial score (nSPS) is 9.50. The minimum Gasteiger partial charge on any atom is -0.465 e. The van der Waals surface area contributed by atoms with Gasteiger partial charge in [0.2, 0.25) is 0 Å². The van der Waals surface area contributed by atoms with E-state index in [1.54, 1.807) is 18.2 Å². The number of carbonyl (C=O) groups is 1. The first-order chi connectivity index (χ1) is 6.63. The number of methoxy groups -OCH3 is 1. The van der Waals surface area contributed by atoms with Crippen LogP contribution in [0.1, 0.15) is 15.9 Å². The molecule has 1 aromatic rings. The minimum atomic E-state index is -0.352. The van der Waals surface area contributed by atoms with Crippen LogP contribution in [-0.2, 0) is 11.2 Å². The van der Waals surface area contributed by atoms with Crippen LogP contribution in [-0.4, -0.2) is 18.1 Å². The predicted molar refractivity (Wildman–Crippen MR) is 58.3 cm³/mol. The summed E-state index contributed by atoms with van der Waals surface area (Å²) in [6, 6.07) is 7.06. The number of hydrogen-bond donors (Lipinski definition) is 1. The fourth-order valence-corrected chi connectivity index (χ4v) is 1.29. The third-order valence-electron chi connectivity index (χ3n) is 1.73. The van der Waals surface area contributed by atoms with Crippen LogP contribution in [0.4, 0.5) is 0 Å². The van der Waals surface area contributed by atoms with Gasteiger partial charge in [-0.1, -0.05) is 24.4 Å². The standard InChI is InChI=1S/C10H11NO2S/c1-13-10(12)8-4-2-3-7(5-8)6-9(11)14/h2-5H,6H2,1H3,(H2,11,14). The van der Waals surface area contributed by atoms with Crippen molar-refractivity contribution in [3.63, 3.8) is 0 Å². The van der Waals surface area contributed by atoms with Gasteiger partial charge in [0.25, 0.3) is 0 Å². The summed E-state index contributed by atoms with van der Waals surface area (Å²) in [5.41, 5.74) is 6.83. The number of carbonyl (C=O) groups excluding carboxylic acids is 1. The molecule has 0 saturated carbocycles. The van der Waals surface area contributed by atoms with Crippen molar-refractivity contribution >= 4 is 23.2 Å². The van der Waals surface area contributed by atoms with Gasteiger partial charge in [-0.15, -0.1) is 0 Å². The quantitative estimate of drug-likeness (QED) is 0.602. The van der Waals surface area contributed by atoms with Crippen molar-refractivity contribution in [2.24, 2.45) is 5.73 Å². The summed E-state index contributed by atoms with van der Waals surface area (Å²) in [4.78, 5) is 11.6. The van der Waals surface area contributed by atoms with Crippen molar-refractivity contribution in [2.45, 2.75) is 6.42 Å². The first kappa shape index (κ1) is 10.7. The van der Waals surface area contributed by atoms with Gasteiger partial charge in [0.1, 0.15) is 0 Å². The van der Waals surface area contributed by atoms with E-state index in [4.69, 9.17) is 18.0 Å². The smallest absolute Gasteiger partial charge is 0.337 e. The lowest BCUT2D eigenvalue weighted by Gasteiger charge is -2.02. The molecule has 0 unspecified atom stereocenters. The third-order valence-corrected chi connectivity index (χ3v) is 1.87. The number of nitrogens with two attached hydrogens (primary N) is 1. The van der Waals surface area contributed by atoms with Gasteiger partial charge in [0.15, 0.2) is 0 Å². The first-order valence-electron chi connectivity index (χ1n) is 4.09. The molecule has 0 saturated heterocycles. The molecule has 0 bridgehead atoms. The average molecular weight is 209 g/mol. The summed E-state index contributed by atoms with van der Waals surface area (Å²) in [6.45, 7) is 0. The maximum Gasteiger partial charge on any atom is 0.337 e. The van der Waals surface area contributed by atoms with Crippen LogP contribution in [0.25, 0.3) is 0 Å². The first-order valence-corrected chi connectivity index (χ1v) is 4.50. The lowest BCUT2D eigenvalue weighted by molar-refractivity contribution is 0.0600. The zero-order chi connectivity index (χ0) is 10.6. The average Bonchev–Trinajstić information content (AvgIpc) is 2.16. The molecule has 1 aromatic carbocycles. The van der Waals surface area contributed by atoms with E-state index in [1.807, 2.05) is 6.07 Å². The zero-order valence-corrected chi connectivity index (χ0v) is 8.64. The second kappa shape index (κ2) is 4.72. The molecule has 4 heteroatoms. The Morgan fingerprint density at radius 1 is 1.57 bits per heavy atom. The molecular weight excluding hydrogens is 198 g/mol. The zero-order valence-electron chi connectivity index (χ0n) is 7.82. The molecule has 0 radical (unpaired) electrons. The van der Waals surface area contributed by atoms with E-state index in [9.17, 15) is 4.79 Å². The highest BCUT2D eigenvalue weighted by atomic mass is 32.1. The molecule has 0 aliphatic heterocycles. The number of rotatable bonds is 3. The molecule has 0 aromatic heterocycles. The maximum atomic E-state index is 11.2. The van der Waals surface area contributed by atoms with E-state index in [-0.39, 0.29) is 5.97 Å². The Hall–Kier alpha value is -1.42. The monoisotopic (exact) mass is 209 g/mol. The highest BCUT2D eigenvalue weighted by Crippen LogP contribution is 2.07. The summed E-state index contributed by atoms with van der Waals surface area (Å²) < 4.78 is 4.59. The second-order valence-electron chi connectivity index (χ2n) is 2.84. The third kappa shape index (κ3) is 2.81. The molecule has 0 fully saturated rings. The minimum absolute atomic E-state index is 0.352. The Balaban J connectivity index is 2.89. The lowest BCUT2D eigenvalue weighted by atomic mass is 10.1. The van der Waals surface area contributed by atoms with Gasteiger partial charge in [0.05, 0.1) is 17.7 Å². The molecule has 0 spiro atoms. The van der Waals surface area contributed by atoms with Crippen molar-refractivity contribution in [3.05, 3.63) is 35.4 Å². The van der Waals surface area contributed by atoms with Crippen molar-refractivity contribution in [1.29, 1.82) is 0 Å². The van der Waals surface area contributed by atoms with E-state index in [0.717, 1.165) is 5.56 Å². The fourth-order valence-electron chi connectivity index (χ4n) is 1.13. The SMILES string of the molecule is COC(=O)c1cccc(CC(N)=S)c1. The van der Waals surface area contributed by atoms with E-state index < -0.39 is 0 Å². The van der Waals surface area contributed by atoms with Crippen LogP contribution in [0.5, 0.6) is 0 Å². The number of hydrogen-bond acceptors (Lipinski definition) is 3. The Kier molecular flexibility index (Phi) is 3.59. The maximum absolute atomic E-state index is 11.2. The van der Waals surface area contributed by atoms with Gasteiger partial charge in [-0.05, 0) is 17.7 Å². The van der Waals surface area contributed by atoms with Crippen molar-refractivity contribution in [3.8, 4) is 0 Å². The highest BCUT2D eigenvalue weighted by molar-refractivity contribution is 7.80. The van der Waals surface area contributed by atoms with Gasteiger partial charge < -0.3 is 10.5 Å². The van der Waals surface area contributed by atoms with Crippen LogP contribution in [0.3, 0.4) is 0 Å². The Labute approximate surface area is 87.9 Å². The number of esters is 1. The van der Waals surface area contributed by atoms with Crippen molar-refractivity contribution in [1.82, 2.24) is 0 Å². The Morgan fingerprint density at radius 2 is 2.29 bits per heavy atom. The number of benzene rings is 1. The molecule has 0 atom stereocenters. The molecule has 14 heavy (non-hydrogen) atoms. The van der Waals surface area contributed by atoms with Crippen molar-refractivity contribution < 1.29 is 9.53 Å². The van der Waals surface area contributed by atoms with E-state index in [1.165, 1.54) is 7.11 Å². The van der Waals surface area contributed by atoms with Crippen molar-refractivity contribution in [2.75, 3.05) is 7.11 Å². The number of ether oxygens (including phenoxy) is 1. The van der Waals surface area contributed by atoms with Gasteiger partial charge in [-0.3, -0.25) is 0 Å². The summed E-state index contributed by atoms with van der Waals surface area (Å²) in [5, 5.41) is 0. The molecule has 0 aliphatic carbocycles. The van der Waals surface area contributed by atoms with E-state index in [0.29, 0.717) is 17.0 Å². The summed E-state index contributed by atoms with van der Waals surface area (Å²) >= 11 is 4.78. The van der Waals surface area contributed by atoms with Gasteiger partial charge in [0, 0.05) is 6.42 Å². The van der Waals surface area contributed by atoms with Gasteiger partial charge >= 0.3 is 5.97 Å². The van der Waals surface area contributed by atoms with Crippen LogP contribution in [0.2, 0.25) is 0 Å². The molecule has 74 valence electrons. The van der Waals surface area contributed by atoms with E-state index >= 15 is 0 Å². The summed E-state index contributed by atoms with van der Waals surface area (Å²) in [7, 11) is 1.35. The summed E-state index contributed by atoms with van der Waals surface area (Å²) in [5.74, 6) is -0.352. The van der Waals surface area contributed by atoms with E-state index in [2.05, 4.69) is 4.74 Å². The largest absolute Gasteiger partial charge is 0.465 e. The highest BCUT2D eigenvalue weighted by Gasteiger charge is 2.05. The van der Waals surface area contributed by atoms with Crippen LogP contribution >= 0.6 is 12.2 Å².